The lowest BCUT2D eigenvalue weighted by Crippen LogP contribution is -2.04. The Bertz CT molecular complexity index is 526. The van der Waals surface area contributed by atoms with Crippen LogP contribution in [0, 0.1) is 6.07 Å². The highest BCUT2D eigenvalue weighted by Crippen LogP contribution is 2.31. The van der Waals surface area contributed by atoms with Crippen molar-refractivity contribution >= 4 is 0 Å². The Morgan fingerprint density at radius 2 is 1.67 bits per heavy atom. The van der Waals surface area contributed by atoms with Gasteiger partial charge in [0.25, 0.3) is 0 Å². The molecule has 0 aliphatic rings. The predicted octanol–water partition coefficient (Wildman–Crippen LogP) is 4.64. The van der Waals surface area contributed by atoms with Crippen molar-refractivity contribution in [1.29, 1.82) is 0 Å². The summed E-state index contributed by atoms with van der Waals surface area (Å²) in [7, 11) is 0. The van der Waals surface area contributed by atoms with Gasteiger partial charge in [0, 0.05) is 0 Å². The molecule has 4 heteroatoms. The summed E-state index contributed by atoms with van der Waals surface area (Å²) < 4.78 is 49.9. The van der Waals surface area contributed by atoms with Crippen molar-refractivity contribution < 1.29 is 17.6 Å². The molecule has 18 heavy (non-hydrogen) atoms. The van der Waals surface area contributed by atoms with E-state index in [9.17, 15) is 17.6 Å². The first-order chi connectivity index (χ1) is 8.50. The summed E-state index contributed by atoms with van der Waals surface area (Å²) in [6.07, 6.45) is -4.37. The van der Waals surface area contributed by atoms with Gasteiger partial charge in [-0.25, -0.2) is 4.39 Å². The third kappa shape index (κ3) is 2.70. The van der Waals surface area contributed by atoms with Crippen LogP contribution >= 0.6 is 0 Å². The largest absolute Gasteiger partial charge is 0.416 e. The molecule has 0 bridgehead atoms. The second-order valence-corrected chi connectivity index (χ2v) is 3.82. The molecule has 0 saturated carbocycles. The number of alkyl halides is 4. The summed E-state index contributed by atoms with van der Waals surface area (Å²) in [5, 5.41) is 0. The van der Waals surface area contributed by atoms with Crippen molar-refractivity contribution in [2.45, 2.75) is 12.9 Å². The van der Waals surface area contributed by atoms with E-state index in [-0.39, 0.29) is 0 Å². The molecule has 0 fully saturated rings. The molecule has 0 nitrogen and oxygen atoms in total. The Hall–Kier alpha value is -1.84. The van der Waals surface area contributed by atoms with E-state index in [4.69, 9.17) is 0 Å². The molecule has 0 atom stereocenters. The standard InChI is InChI=1S/C14H9F4/c15-9-10-4-6-11(7-5-10)12-2-1-3-13(8-12)14(16,17)18/h1,3-8H,9H2. The Kier molecular flexibility index (Phi) is 3.36. The highest BCUT2D eigenvalue weighted by atomic mass is 19.4. The van der Waals surface area contributed by atoms with Crippen LogP contribution in [0.1, 0.15) is 11.1 Å². The number of benzene rings is 2. The van der Waals surface area contributed by atoms with Gasteiger partial charge in [-0.15, -0.1) is 0 Å². The molecule has 0 aliphatic heterocycles. The monoisotopic (exact) mass is 253 g/mol. The molecule has 2 rings (SSSR count). The summed E-state index contributed by atoms with van der Waals surface area (Å²) in [5.41, 5.74) is 0.699. The van der Waals surface area contributed by atoms with Gasteiger partial charge < -0.3 is 0 Å². The third-order valence-corrected chi connectivity index (χ3v) is 2.55. The van der Waals surface area contributed by atoms with Crippen LogP contribution in [0.5, 0.6) is 0 Å². The smallest absolute Gasteiger partial charge is 0.246 e. The number of hydrogen-bond donors (Lipinski definition) is 0. The zero-order chi connectivity index (χ0) is 13.2. The van der Waals surface area contributed by atoms with Crippen molar-refractivity contribution in [3.05, 3.63) is 59.7 Å². The lowest BCUT2D eigenvalue weighted by atomic mass is 10.0. The van der Waals surface area contributed by atoms with Crippen LogP contribution in [0.4, 0.5) is 17.6 Å². The molecule has 1 radical (unpaired) electrons. The molecule has 2 aromatic rings. The number of halogens is 4. The van der Waals surface area contributed by atoms with Crippen LogP contribution in [0.3, 0.4) is 0 Å². The van der Waals surface area contributed by atoms with E-state index in [1.807, 2.05) is 0 Å². The molecule has 0 aliphatic carbocycles. The quantitative estimate of drug-likeness (QED) is 0.684. The highest BCUT2D eigenvalue weighted by Gasteiger charge is 2.30. The fourth-order valence-corrected chi connectivity index (χ4v) is 1.58. The molecule has 0 spiro atoms. The fraction of sp³-hybridized carbons (Fsp3) is 0.143. The van der Waals surface area contributed by atoms with Gasteiger partial charge in [0.05, 0.1) is 5.56 Å². The molecule has 0 N–H and O–H groups in total. The van der Waals surface area contributed by atoms with Gasteiger partial charge in [-0.05, 0) is 34.9 Å². The summed E-state index contributed by atoms with van der Waals surface area (Å²) >= 11 is 0. The summed E-state index contributed by atoms with van der Waals surface area (Å²) in [6.45, 7) is -0.591. The topological polar surface area (TPSA) is 0 Å². The number of rotatable bonds is 2. The van der Waals surface area contributed by atoms with Crippen molar-refractivity contribution in [3.8, 4) is 11.1 Å². The van der Waals surface area contributed by atoms with Crippen molar-refractivity contribution in [2.75, 3.05) is 0 Å². The Labute approximate surface area is 102 Å². The molecule has 0 aromatic heterocycles. The third-order valence-electron chi connectivity index (χ3n) is 2.55. The Morgan fingerprint density at radius 3 is 2.22 bits per heavy atom. The van der Waals surface area contributed by atoms with E-state index in [1.54, 1.807) is 24.3 Å². The van der Waals surface area contributed by atoms with Crippen LogP contribution < -0.4 is 0 Å². The maximum absolute atomic E-state index is 12.5. The minimum atomic E-state index is -4.37. The van der Waals surface area contributed by atoms with Gasteiger partial charge in [0.2, 0.25) is 0 Å². The molecule has 0 unspecified atom stereocenters. The molecule has 0 heterocycles. The molecule has 0 saturated heterocycles. The minimum absolute atomic E-state index is 0.343. The van der Waals surface area contributed by atoms with E-state index < -0.39 is 18.4 Å². The van der Waals surface area contributed by atoms with Crippen molar-refractivity contribution in [3.63, 3.8) is 0 Å². The fourth-order valence-electron chi connectivity index (χ4n) is 1.58. The molecular weight excluding hydrogens is 244 g/mol. The van der Waals surface area contributed by atoms with Crippen LogP contribution in [0.15, 0.2) is 42.5 Å². The van der Waals surface area contributed by atoms with Gasteiger partial charge in [0.15, 0.2) is 0 Å². The lowest BCUT2D eigenvalue weighted by molar-refractivity contribution is -0.137. The van der Waals surface area contributed by atoms with Gasteiger partial charge >= 0.3 is 6.18 Å². The van der Waals surface area contributed by atoms with Crippen LogP contribution in [-0.2, 0) is 12.9 Å². The first-order valence-electron chi connectivity index (χ1n) is 5.25. The zero-order valence-corrected chi connectivity index (χ0v) is 9.26. The van der Waals surface area contributed by atoms with E-state index >= 15 is 0 Å². The van der Waals surface area contributed by atoms with E-state index in [0.29, 0.717) is 16.7 Å². The second kappa shape index (κ2) is 4.80. The summed E-state index contributed by atoms with van der Waals surface area (Å²) in [5.74, 6) is 0. The van der Waals surface area contributed by atoms with Gasteiger partial charge in [-0.1, -0.05) is 30.3 Å². The summed E-state index contributed by atoms with van der Waals surface area (Å²) in [6, 6.07) is 12.2. The maximum atomic E-state index is 12.5. The van der Waals surface area contributed by atoms with E-state index in [2.05, 4.69) is 6.07 Å². The SMILES string of the molecule is FCc1ccc(-c2[c]ccc(C(F)(F)F)c2)cc1. The first-order valence-corrected chi connectivity index (χ1v) is 5.25. The zero-order valence-electron chi connectivity index (χ0n) is 9.26. The number of hydrogen-bond acceptors (Lipinski definition) is 0. The maximum Gasteiger partial charge on any atom is 0.416 e. The summed E-state index contributed by atoms with van der Waals surface area (Å²) in [4.78, 5) is 0. The Morgan fingerprint density at radius 1 is 1.00 bits per heavy atom. The molecule has 2 aromatic carbocycles. The average molecular weight is 253 g/mol. The van der Waals surface area contributed by atoms with Crippen LogP contribution in [0.2, 0.25) is 0 Å². The van der Waals surface area contributed by atoms with E-state index in [0.717, 1.165) is 12.1 Å². The molecular formula is C14H9F4. The van der Waals surface area contributed by atoms with Gasteiger partial charge in [0.1, 0.15) is 6.67 Å². The second-order valence-electron chi connectivity index (χ2n) is 3.82. The van der Waals surface area contributed by atoms with Crippen molar-refractivity contribution in [1.82, 2.24) is 0 Å². The molecule has 0 amide bonds. The normalized spacial score (nSPS) is 11.6. The van der Waals surface area contributed by atoms with Crippen molar-refractivity contribution in [2.24, 2.45) is 0 Å². The Balaban J connectivity index is 2.38. The van der Waals surface area contributed by atoms with Crippen LogP contribution in [-0.4, -0.2) is 0 Å². The lowest BCUT2D eigenvalue weighted by Gasteiger charge is -2.08. The minimum Gasteiger partial charge on any atom is -0.246 e. The predicted molar refractivity (Wildman–Crippen MR) is 60.5 cm³/mol. The van der Waals surface area contributed by atoms with Gasteiger partial charge in [-0.3, -0.25) is 0 Å². The first kappa shape index (κ1) is 12.6. The average Bonchev–Trinajstić information content (AvgIpc) is 2.38. The highest BCUT2D eigenvalue weighted by molar-refractivity contribution is 5.64. The van der Waals surface area contributed by atoms with Crippen LogP contribution in [0.25, 0.3) is 11.1 Å². The van der Waals surface area contributed by atoms with E-state index in [1.165, 1.54) is 6.07 Å². The van der Waals surface area contributed by atoms with Gasteiger partial charge in [-0.2, -0.15) is 13.2 Å². The molecule has 93 valence electrons.